The highest BCUT2D eigenvalue weighted by atomic mass is 32.2. The van der Waals surface area contributed by atoms with Crippen molar-refractivity contribution in [1.82, 2.24) is 10.2 Å². The van der Waals surface area contributed by atoms with Crippen molar-refractivity contribution in [3.8, 4) is 5.75 Å². The number of anilines is 1. The topological polar surface area (TPSA) is 115 Å². The second kappa shape index (κ2) is 5.06. The van der Waals surface area contributed by atoms with E-state index in [-0.39, 0.29) is 22.3 Å². The lowest BCUT2D eigenvalue weighted by Gasteiger charge is -2.09. The number of sulfonamides is 1. The maximum absolute atomic E-state index is 11.6. The second-order valence-corrected chi connectivity index (χ2v) is 7.35. The van der Waals surface area contributed by atoms with Gasteiger partial charge in [0.05, 0.1) is 19.1 Å². The number of aromatic nitrogens is 2. The summed E-state index contributed by atoms with van der Waals surface area (Å²) in [6.07, 6.45) is 0.935. The van der Waals surface area contributed by atoms with E-state index in [4.69, 9.17) is 4.74 Å². The van der Waals surface area contributed by atoms with E-state index in [2.05, 4.69) is 14.9 Å². The summed E-state index contributed by atoms with van der Waals surface area (Å²) in [4.78, 5) is 0. The van der Waals surface area contributed by atoms with Crippen LogP contribution in [0, 0.1) is 0 Å². The molecule has 1 N–H and O–H groups in total. The van der Waals surface area contributed by atoms with Crippen LogP contribution in [0.15, 0.2) is 11.1 Å². The molecule has 0 amide bonds. The lowest BCUT2D eigenvalue weighted by molar-refractivity contribution is 0.411. The SMILES string of the molecule is CCS(=O)(=O)c1cc(OC)c(NS(C)(=O)=O)nn1. The van der Waals surface area contributed by atoms with Gasteiger partial charge in [-0.15, -0.1) is 10.2 Å². The third kappa shape index (κ3) is 3.53. The van der Waals surface area contributed by atoms with Gasteiger partial charge in [0.2, 0.25) is 15.8 Å². The van der Waals surface area contributed by atoms with Gasteiger partial charge >= 0.3 is 0 Å². The molecule has 0 atom stereocenters. The number of hydrogen-bond acceptors (Lipinski definition) is 7. The van der Waals surface area contributed by atoms with Crippen molar-refractivity contribution in [2.45, 2.75) is 11.9 Å². The summed E-state index contributed by atoms with van der Waals surface area (Å²) in [6.45, 7) is 1.46. The van der Waals surface area contributed by atoms with E-state index in [0.29, 0.717) is 0 Å². The minimum absolute atomic E-state index is 0.0116. The van der Waals surface area contributed by atoms with Crippen LogP contribution in [0.4, 0.5) is 5.82 Å². The highest BCUT2D eigenvalue weighted by molar-refractivity contribution is 7.92. The van der Waals surface area contributed by atoms with E-state index < -0.39 is 19.9 Å². The van der Waals surface area contributed by atoms with Gasteiger partial charge in [0.15, 0.2) is 20.6 Å². The Balaban J connectivity index is 3.28. The fourth-order valence-corrected chi connectivity index (χ4v) is 2.30. The van der Waals surface area contributed by atoms with Crippen LogP contribution in [0.5, 0.6) is 5.75 Å². The zero-order valence-corrected chi connectivity index (χ0v) is 11.7. The predicted molar refractivity (Wildman–Crippen MR) is 64.8 cm³/mol. The molecular formula is C8H13N3O5S2. The lowest BCUT2D eigenvalue weighted by atomic mass is 10.5. The molecule has 0 bridgehead atoms. The molecule has 0 aliphatic rings. The summed E-state index contributed by atoms with van der Waals surface area (Å²) in [5, 5.41) is 6.71. The Hall–Kier alpha value is -1.42. The number of rotatable bonds is 5. The highest BCUT2D eigenvalue weighted by Crippen LogP contribution is 2.24. The monoisotopic (exact) mass is 295 g/mol. The van der Waals surface area contributed by atoms with Crippen molar-refractivity contribution in [1.29, 1.82) is 0 Å². The first-order chi connectivity index (χ1) is 8.19. The van der Waals surface area contributed by atoms with Gasteiger partial charge in [-0.25, -0.2) is 16.8 Å². The maximum atomic E-state index is 11.6. The first-order valence-electron chi connectivity index (χ1n) is 4.82. The molecule has 0 radical (unpaired) electrons. The standard InChI is InChI=1S/C8H13N3O5S2/c1-4-18(14,15)7-5-6(16-2)8(10-9-7)11-17(3,12)13/h5H,4H2,1-3H3,(H,10,11). The smallest absolute Gasteiger partial charge is 0.231 e. The molecule has 10 heteroatoms. The van der Waals surface area contributed by atoms with Crippen LogP contribution in [0.3, 0.4) is 0 Å². The van der Waals surface area contributed by atoms with Crippen LogP contribution in [-0.2, 0) is 19.9 Å². The van der Waals surface area contributed by atoms with Gasteiger partial charge in [0.1, 0.15) is 0 Å². The van der Waals surface area contributed by atoms with E-state index in [1.165, 1.54) is 14.0 Å². The van der Waals surface area contributed by atoms with Gasteiger partial charge in [0, 0.05) is 6.07 Å². The van der Waals surface area contributed by atoms with Crippen molar-refractivity contribution >= 4 is 25.7 Å². The Kier molecular flexibility index (Phi) is 4.12. The van der Waals surface area contributed by atoms with Crippen LogP contribution >= 0.6 is 0 Å². The molecule has 0 fully saturated rings. The van der Waals surface area contributed by atoms with Crippen LogP contribution in [0.1, 0.15) is 6.92 Å². The van der Waals surface area contributed by atoms with Crippen molar-refractivity contribution < 1.29 is 21.6 Å². The van der Waals surface area contributed by atoms with Crippen LogP contribution in [0.25, 0.3) is 0 Å². The minimum atomic E-state index is -3.55. The fraction of sp³-hybridized carbons (Fsp3) is 0.500. The van der Waals surface area contributed by atoms with Crippen LogP contribution < -0.4 is 9.46 Å². The minimum Gasteiger partial charge on any atom is -0.493 e. The molecule has 0 aliphatic heterocycles. The molecule has 1 aromatic heterocycles. The molecule has 1 aromatic rings. The van der Waals surface area contributed by atoms with E-state index in [0.717, 1.165) is 12.3 Å². The molecule has 0 aromatic carbocycles. The molecule has 102 valence electrons. The van der Waals surface area contributed by atoms with E-state index in [1.807, 2.05) is 0 Å². The number of ether oxygens (including phenoxy) is 1. The number of hydrogen-bond donors (Lipinski definition) is 1. The quantitative estimate of drug-likeness (QED) is 0.789. The van der Waals surface area contributed by atoms with Crippen molar-refractivity contribution in [3.63, 3.8) is 0 Å². The first-order valence-corrected chi connectivity index (χ1v) is 8.36. The summed E-state index contributed by atoms with van der Waals surface area (Å²) >= 11 is 0. The largest absolute Gasteiger partial charge is 0.493 e. The van der Waals surface area contributed by atoms with Crippen LogP contribution in [0.2, 0.25) is 0 Å². The van der Waals surface area contributed by atoms with Gasteiger partial charge in [0.25, 0.3) is 0 Å². The van der Waals surface area contributed by atoms with Gasteiger partial charge in [-0.3, -0.25) is 4.72 Å². The number of nitrogens with zero attached hydrogens (tertiary/aromatic N) is 2. The van der Waals surface area contributed by atoms with E-state index in [1.54, 1.807) is 0 Å². The summed E-state index contributed by atoms with van der Waals surface area (Å²) < 4.78 is 52.2. The normalized spacial score (nSPS) is 12.2. The number of methoxy groups -OCH3 is 1. The molecular weight excluding hydrogens is 282 g/mol. The molecule has 0 unspecified atom stereocenters. The Bertz CT molecular complexity index is 639. The van der Waals surface area contributed by atoms with E-state index >= 15 is 0 Å². The lowest BCUT2D eigenvalue weighted by Crippen LogP contribution is -2.14. The zero-order chi connectivity index (χ0) is 14.0. The van der Waals surface area contributed by atoms with Gasteiger partial charge in [-0.2, -0.15) is 0 Å². The number of sulfone groups is 1. The molecule has 0 aliphatic carbocycles. The second-order valence-electron chi connectivity index (χ2n) is 3.38. The van der Waals surface area contributed by atoms with Crippen molar-refractivity contribution in [3.05, 3.63) is 6.07 Å². The average Bonchev–Trinajstić information content (AvgIpc) is 2.27. The summed E-state index contributed by atoms with van der Waals surface area (Å²) in [5.41, 5.74) is 0. The van der Waals surface area contributed by atoms with Crippen LogP contribution in [-0.4, -0.2) is 46.2 Å². The molecule has 18 heavy (non-hydrogen) atoms. The first kappa shape index (κ1) is 14.6. The Morgan fingerprint density at radius 3 is 2.33 bits per heavy atom. The summed E-state index contributed by atoms with van der Waals surface area (Å²) in [6, 6.07) is 1.12. The average molecular weight is 295 g/mol. The fourth-order valence-electron chi connectivity index (χ4n) is 1.06. The maximum Gasteiger partial charge on any atom is 0.231 e. The zero-order valence-electron chi connectivity index (χ0n) is 10.0. The molecule has 8 nitrogen and oxygen atoms in total. The predicted octanol–water partition coefficient (Wildman–Crippen LogP) is -0.350. The Morgan fingerprint density at radius 1 is 1.28 bits per heavy atom. The molecule has 0 saturated heterocycles. The summed E-state index contributed by atoms with van der Waals surface area (Å²) in [7, 11) is -5.80. The van der Waals surface area contributed by atoms with Gasteiger partial charge < -0.3 is 4.74 Å². The third-order valence-corrected chi connectivity index (χ3v) is 4.10. The van der Waals surface area contributed by atoms with Crippen molar-refractivity contribution in [2.24, 2.45) is 0 Å². The highest BCUT2D eigenvalue weighted by Gasteiger charge is 2.19. The van der Waals surface area contributed by atoms with Crippen molar-refractivity contribution in [2.75, 3.05) is 23.8 Å². The third-order valence-electron chi connectivity index (χ3n) is 1.94. The Labute approximate surface area is 105 Å². The molecule has 1 rings (SSSR count). The Morgan fingerprint density at radius 2 is 1.89 bits per heavy atom. The number of nitrogens with one attached hydrogen (secondary N) is 1. The molecule has 1 heterocycles. The van der Waals surface area contributed by atoms with Gasteiger partial charge in [-0.1, -0.05) is 6.92 Å². The molecule has 0 saturated carbocycles. The summed E-state index contributed by atoms with van der Waals surface area (Å²) in [5.74, 6) is -0.304. The van der Waals surface area contributed by atoms with E-state index in [9.17, 15) is 16.8 Å². The molecule has 0 spiro atoms. The van der Waals surface area contributed by atoms with Gasteiger partial charge in [-0.05, 0) is 0 Å².